The Hall–Kier alpha value is -1.94. The SMILES string of the molecule is c1cncc(-c2cccnc2N2CCNCC2)c1. The van der Waals surface area contributed by atoms with Crippen LogP contribution < -0.4 is 10.2 Å². The number of nitrogens with zero attached hydrogens (tertiary/aromatic N) is 3. The Kier molecular flexibility index (Phi) is 3.19. The lowest BCUT2D eigenvalue weighted by Gasteiger charge is -2.29. The third-order valence-corrected chi connectivity index (χ3v) is 3.18. The molecule has 0 aliphatic carbocycles. The molecule has 0 atom stereocenters. The minimum Gasteiger partial charge on any atom is -0.354 e. The molecule has 0 spiro atoms. The first kappa shape index (κ1) is 11.2. The van der Waals surface area contributed by atoms with Gasteiger partial charge in [0.2, 0.25) is 0 Å². The minimum absolute atomic E-state index is 1.00. The van der Waals surface area contributed by atoms with Crippen LogP contribution in [0.3, 0.4) is 0 Å². The van der Waals surface area contributed by atoms with E-state index in [0.717, 1.165) is 43.1 Å². The van der Waals surface area contributed by atoms with Crippen molar-refractivity contribution in [3.63, 3.8) is 0 Å². The van der Waals surface area contributed by atoms with Gasteiger partial charge in [0.05, 0.1) is 0 Å². The van der Waals surface area contributed by atoms with Crippen LogP contribution in [0.4, 0.5) is 5.82 Å². The third kappa shape index (κ3) is 2.19. The first-order valence-electron chi connectivity index (χ1n) is 6.26. The normalized spacial score (nSPS) is 15.7. The van der Waals surface area contributed by atoms with Crippen molar-refractivity contribution in [3.05, 3.63) is 42.9 Å². The summed E-state index contributed by atoms with van der Waals surface area (Å²) in [5.74, 6) is 1.06. The summed E-state index contributed by atoms with van der Waals surface area (Å²) in [4.78, 5) is 11.1. The highest BCUT2D eigenvalue weighted by atomic mass is 15.2. The molecular formula is C14H16N4. The van der Waals surface area contributed by atoms with Crippen LogP contribution in [-0.4, -0.2) is 36.1 Å². The summed E-state index contributed by atoms with van der Waals surface area (Å²) in [7, 11) is 0. The Morgan fingerprint density at radius 3 is 2.67 bits per heavy atom. The first-order valence-corrected chi connectivity index (χ1v) is 6.26. The Balaban J connectivity index is 1.99. The average molecular weight is 240 g/mol. The van der Waals surface area contributed by atoms with Crippen LogP contribution in [0.5, 0.6) is 0 Å². The van der Waals surface area contributed by atoms with Crippen molar-refractivity contribution in [1.82, 2.24) is 15.3 Å². The molecule has 0 bridgehead atoms. The van der Waals surface area contributed by atoms with Crippen LogP contribution in [-0.2, 0) is 0 Å². The van der Waals surface area contributed by atoms with Crippen LogP contribution >= 0.6 is 0 Å². The van der Waals surface area contributed by atoms with Crippen molar-refractivity contribution in [3.8, 4) is 11.1 Å². The molecule has 1 N–H and O–H groups in total. The van der Waals surface area contributed by atoms with Crippen molar-refractivity contribution in [2.75, 3.05) is 31.1 Å². The van der Waals surface area contributed by atoms with Gasteiger partial charge in [-0.2, -0.15) is 0 Å². The second kappa shape index (κ2) is 5.14. The third-order valence-electron chi connectivity index (χ3n) is 3.18. The number of hydrogen-bond acceptors (Lipinski definition) is 4. The lowest BCUT2D eigenvalue weighted by atomic mass is 10.1. The fourth-order valence-electron chi connectivity index (χ4n) is 2.27. The lowest BCUT2D eigenvalue weighted by Crippen LogP contribution is -2.44. The second-order valence-electron chi connectivity index (χ2n) is 4.35. The van der Waals surface area contributed by atoms with E-state index in [1.165, 1.54) is 0 Å². The molecule has 1 aliphatic heterocycles. The standard InChI is InChI=1S/C14H16N4/c1-3-12(11-16-5-1)13-4-2-6-17-14(13)18-9-7-15-8-10-18/h1-6,11,15H,7-10H2. The van der Waals surface area contributed by atoms with Gasteiger partial charge in [-0.3, -0.25) is 4.98 Å². The molecule has 0 aromatic carbocycles. The molecule has 3 rings (SSSR count). The van der Waals surface area contributed by atoms with Crippen molar-refractivity contribution in [2.45, 2.75) is 0 Å². The Morgan fingerprint density at radius 2 is 1.89 bits per heavy atom. The number of aromatic nitrogens is 2. The average Bonchev–Trinajstić information content (AvgIpc) is 2.49. The monoisotopic (exact) mass is 240 g/mol. The summed E-state index contributed by atoms with van der Waals surface area (Å²) in [6.45, 7) is 4.04. The molecule has 0 radical (unpaired) electrons. The number of piperazine rings is 1. The maximum Gasteiger partial charge on any atom is 0.136 e. The van der Waals surface area contributed by atoms with Crippen LogP contribution in [0, 0.1) is 0 Å². The molecule has 18 heavy (non-hydrogen) atoms. The largest absolute Gasteiger partial charge is 0.354 e. The highest BCUT2D eigenvalue weighted by molar-refractivity contribution is 5.75. The van der Waals surface area contributed by atoms with E-state index >= 15 is 0 Å². The fraction of sp³-hybridized carbons (Fsp3) is 0.286. The van der Waals surface area contributed by atoms with Gasteiger partial charge in [-0.05, 0) is 18.2 Å². The molecule has 1 aliphatic rings. The van der Waals surface area contributed by atoms with Gasteiger partial charge in [0.15, 0.2) is 0 Å². The summed E-state index contributed by atoms with van der Waals surface area (Å²) >= 11 is 0. The molecule has 1 saturated heterocycles. The number of pyridine rings is 2. The van der Waals surface area contributed by atoms with Gasteiger partial charge in [-0.1, -0.05) is 6.07 Å². The zero-order valence-electron chi connectivity index (χ0n) is 10.2. The molecule has 1 fully saturated rings. The molecule has 92 valence electrons. The van der Waals surface area contributed by atoms with Crippen LogP contribution in [0.15, 0.2) is 42.9 Å². The number of anilines is 1. The summed E-state index contributed by atoms with van der Waals surface area (Å²) < 4.78 is 0. The molecule has 0 unspecified atom stereocenters. The summed E-state index contributed by atoms with van der Waals surface area (Å²) in [6.07, 6.45) is 5.55. The summed E-state index contributed by atoms with van der Waals surface area (Å²) in [6, 6.07) is 8.13. The fourth-order valence-corrected chi connectivity index (χ4v) is 2.27. The highest BCUT2D eigenvalue weighted by Crippen LogP contribution is 2.27. The second-order valence-corrected chi connectivity index (χ2v) is 4.35. The van der Waals surface area contributed by atoms with Gasteiger partial charge >= 0.3 is 0 Å². The van der Waals surface area contributed by atoms with Gasteiger partial charge in [-0.15, -0.1) is 0 Å². The predicted molar refractivity (Wildman–Crippen MR) is 72.6 cm³/mol. The van der Waals surface area contributed by atoms with E-state index in [2.05, 4.69) is 32.3 Å². The van der Waals surface area contributed by atoms with Crippen LogP contribution in [0.1, 0.15) is 0 Å². The summed E-state index contributed by atoms with van der Waals surface area (Å²) in [5, 5.41) is 3.36. The molecule has 4 heteroatoms. The smallest absolute Gasteiger partial charge is 0.136 e. The van der Waals surface area contributed by atoms with E-state index < -0.39 is 0 Å². The van der Waals surface area contributed by atoms with Gasteiger partial charge in [0, 0.05) is 55.9 Å². The Morgan fingerprint density at radius 1 is 1.06 bits per heavy atom. The molecule has 2 aromatic heterocycles. The van der Waals surface area contributed by atoms with Gasteiger partial charge in [0.25, 0.3) is 0 Å². The zero-order valence-corrected chi connectivity index (χ0v) is 10.2. The predicted octanol–water partition coefficient (Wildman–Crippen LogP) is 1.55. The molecular weight excluding hydrogens is 224 g/mol. The number of rotatable bonds is 2. The quantitative estimate of drug-likeness (QED) is 0.864. The van der Waals surface area contributed by atoms with Gasteiger partial charge in [0.1, 0.15) is 5.82 Å². The maximum absolute atomic E-state index is 4.55. The van der Waals surface area contributed by atoms with Crippen LogP contribution in [0.2, 0.25) is 0 Å². The Bertz CT molecular complexity index is 506. The molecule has 0 saturated carbocycles. The van der Waals surface area contributed by atoms with Crippen molar-refractivity contribution in [2.24, 2.45) is 0 Å². The number of hydrogen-bond donors (Lipinski definition) is 1. The van der Waals surface area contributed by atoms with Gasteiger partial charge in [-0.25, -0.2) is 4.98 Å². The highest BCUT2D eigenvalue weighted by Gasteiger charge is 2.15. The zero-order chi connectivity index (χ0) is 12.2. The number of nitrogens with one attached hydrogen (secondary N) is 1. The van der Waals surface area contributed by atoms with E-state index in [4.69, 9.17) is 0 Å². The van der Waals surface area contributed by atoms with Crippen molar-refractivity contribution in [1.29, 1.82) is 0 Å². The topological polar surface area (TPSA) is 41.1 Å². The van der Waals surface area contributed by atoms with Crippen molar-refractivity contribution < 1.29 is 0 Å². The van der Waals surface area contributed by atoms with Crippen LogP contribution in [0.25, 0.3) is 11.1 Å². The van der Waals surface area contributed by atoms with Crippen molar-refractivity contribution >= 4 is 5.82 Å². The molecule has 2 aromatic rings. The van der Waals surface area contributed by atoms with E-state index in [9.17, 15) is 0 Å². The van der Waals surface area contributed by atoms with E-state index in [0.29, 0.717) is 0 Å². The molecule has 4 nitrogen and oxygen atoms in total. The van der Waals surface area contributed by atoms with E-state index in [1.807, 2.05) is 24.5 Å². The lowest BCUT2D eigenvalue weighted by molar-refractivity contribution is 0.585. The molecule has 3 heterocycles. The molecule has 0 amide bonds. The summed E-state index contributed by atoms with van der Waals surface area (Å²) in [5.41, 5.74) is 2.28. The van der Waals surface area contributed by atoms with Gasteiger partial charge < -0.3 is 10.2 Å². The minimum atomic E-state index is 1.00. The Labute approximate surface area is 107 Å². The van der Waals surface area contributed by atoms with E-state index in [-0.39, 0.29) is 0 Å². The maximum atomic E-state index is 4.55. The van der Waals surface area contributed by atoms with E-state index in [1.54, 1.807) is 6.20 Å². The first-order chi connectivity index (χ1) is 8.95.